The number of nitrogens with one attached hydrogen (secondary N) is 1. The van der Waals surface area contributed by atoms with Gasteiger partial charge < -0.3 is 4.74 Å². The van der Waals surface area contributed by atoms with Crippen LogP contribution in [0.1, 0.15) is 11.1 Å². The van der Waals surface area contributed by atoms with E-state index in [9.17, 15) is 13.6 Å². The van der Waals surface area contributed by atoms with Crippen LogP contribution >= 0.6 is 0 Å². The first kappa shape index (κ1) is 14.5. The van der Waals surface area contributed by atoms with E-state index in [2.05, 4.69) is 5.32 Å². The summed E-state index contributed by atoms with van der Waals surface area (Å²) in [7, 11) is 0. The number of nitriles is 1. The second kappa shape index (κ2) is 6.48. The minimum absolute atomic E-state index is 0.0145. The van der Waals surface area contributed by atoms with E-state index in [-0.39, 0.29) is 17.9 Å². The van der Waals surface area contributed by atoms with Crippen molar-refractivity contribution in [2.45, 2.75) is 6.61 Å². The predicted molar refractivity (Wildman–Crippen MR) is 71.3 cm³/mol. The summed E-state index contributed by atoms with van der Waals surface area (Å²) >= 11 is 0. The van der Waals surface area contributed by atoms with Gasteiger partial charge in [0.15, 0.2) is 0 Å². The average molecular weight is 288 g/mol. The minimum atomic E-state index is -0.988. The molecule has 0 atom stereocenters. The van der Waals surface area contributed by atoms with E-state index in [1.54, 1.807) is 30.3 Å². The van der Waals surface area contributed by atoms with Gasteiger partial charge in [0.2, 0.25) is 0 Å². The fourth-order valence-electron chi connectivity index (χ4n) is 1.60. The van der Waals surface area contributed by atoms with Crippen LogP contribution in [0.15, 0.2) is 42.5 Å². The zero-order valence-electron chi connectivity index (χ0n) is 10.8. The molecule has 0 bridgehead atoms. The fourth-order valence-corrected chi connectivity index (χ4v) is 1.60. The quantitative estimate of drug-likeness (QED) is 0.938. The standard InChI is InChI=1S/C15H10F2N2O2/c16-12-7-13(17)14(6-11(12)8-18)19-15(20)21-9-10-4-2-1-3-5-10/h1-7H,9H2,(H,19,20). The molecule has 0 spiro atoms. The molecule has 0 radical (unpaired) electrons. The van der Waals surface area contributed by atoms with Crippen LogP contribution in [0.3, 0.4) is 0 Å². The van der Waals surface area contributed by atoms with E-state index in [1.165, 1.54) is 0 Å². The van der Waals surface area contributed by atoms with Crippen LogP contribution in [-0.2, 0) is 11.3 Å². The van der Waals surface area contributed by atoms with Crippen LogP contribution in [0.4, 0.5) is 19.3 Å². The van der Waals surface area contributed by atoms with Crippen LogP contribution in [0.25, 0.3) is 0 Å². The maximum absolute atomic E-state index is 13.5. The van der Waals surface area contributed by atoms with Gasteiger partial charge in [0.1, 0.15) is 24.3 Å². The van der Waals surface area contributed by atoms with Crippen molar-refractivity contribution in [3.63, 3.8) is 0 Å². The molecule has 0 unspecified atom stereocenters. The molecule has 0 aliphatic carbocycles. The lowest BCUT2D eigenvalue weighted by atomic mass is 10.2. The Balaban J connectivity index is 2.02. The number of amides is 1. The molecule has 6 heteroatoms. The van der Waals surface area contributed by atoms with E-state index >= 15 is 0 Å². The van der Waals surface area contributed by atoms with Crippen molar-refractivity contribution in [2.75, 3.05) is 5.32 Å². The van der Waals surface area contributed by atoms with Gasteiger partial charge in [-0.2, -0.15) is 5.26 Å². The Kier molecular flexibility index (Phi) is 4.46. The molecule has 0 aliphatic heterocycles. The van der Waals surface area contributed by atoms with Gasteiger partial charge in [-0.05, 0) is 11.6 Å². The number of carbonyl (C=O) groups is 1. The molecular formula is C15H10F2N2O2. The monoisotopic (exact) mass is 288 g/mol. The summed E-state index contributed by atoms with van der Waals surface area (Å²) in [6.07, 6.45) is -0.895. The number of halogens is 2. The summed E-state index contributed by atoms with van der Waals surface area (Å²) in [5.41, 5.74) is 0.0886. The van der Waals surface area contributed by atoms with Crippen molar-refractivity contribution in [3.05, 3.63) is 65.2 Å². The molecule has 4 nitrogen and oxygen atoms in total. The number of benzene rings is 2. The maximum Gasteiger partial charge on any atom is 0.412 e. The molecule has 0 aromatic heterocycles. The van der Waals surface area contributed by atoms with E-state index in [1.807, 2.05) is 6.07 Å². The summed E-state index contributed by atoms with van der Waals surface area (Å²) < 4.78 is 31.5. The van der Waals surface area contributed by atoms with E-state index < -0.39 is 17.7 Å². The molecule has 106 valence electrons. The lowest BCUT2D eigenvalue weighted by molar-refractivity contribution is 0.155. The number of hydrogen-bond donors (Lipinski definition) is 1. The number of hydrogen-bond acceptors (Lipinski definition) is 3. The van der Waals surface area contributed by atoms with Gasteiger partial charge in [-0.15, -0.1) is 0 Å². The van der Waals surface area contributed by atoms with E-state index in [4.69, 9.17) is 10.00 Å². The maximum atomic E-state index is 13.5. The van der Waals surface area contributed by atoms with Crippen molar-refractivity contribution in [1.82, 2.24) is 0 Å². The van der Waals surface area contributed by atoms with Crippen molar-refractivity contribution in [1.29, 1.82) is 5.26 Å². The predicted octanol–water partition coefficient (Wildman–Crippen LogP) is 3.59. The number of nitrogens with zero attached hydrogens (tertiary/aromatic N) is 1. The Labute approximate surface area is 119 Å². The molecule has 2 aromatic carbocycles. The fraction of sp³-hybridized carbons (Fsp3) is 0.0667. The number of carbonyl (C=O) groups excluding carboxylic acids is 1. The van der Waals surface area contributed by atoms with Gasteiger partial charge >= 0.3 is 6.09 Å². The van der Waals surface area contributed by atoms with Crippen molar-refractivity contribution >= 4 is 11.8 Å². The molecular weight excluding hydrogens is 278 g/mol. The molecule has 2 aromatic rings. The topological polar surface area (TPSA) is 62.1 Å². The Morgan fingerprint density at radius 2 is 1.90 bits per heavy atom. The molecule has 1 amide bonds. The molecule has 2 rings (SSSR count). The number of rotatable bonds is 3. The van der Waals surface area contributed by atoms with Crippen LogP contribution in [0, 0.1) is 23.0 Å². The van der Waals surface area contributed by atoms with E-state index in [0.717, 1.165) is 11.6 Å². The first-order valence-corrected chi connectivity index (χ1v) is 5.97. The average Bonchev–Trinajstić information content (AvgIpc) is 2.49. The van der Waals surface area contributed by atoms with Gasteiger partial charge in [-0.25, -0.2) is 13.6 Å². The van der Waals surface area contributed by atoms with Crippen molar-refractivity contribution < 1.29 is 18.3 Å². The molecule has 0 heterocycles. The molecule has 21 heavy (non-hydrogen) atoms. The zero-order chi connectivity index (χ0) is 15.2. The summed E-state index contributed by atoms with van der Waals surface area (Å²) in [6.45, 7) is 0.0145. The van der Waals surface area contributed by atoms with Crippen molar-refractivity contribution in [3.8, 4) is 6.07 Å². The summed E-state index contributed by atoms with van der Waals surface area (Å²) in [5, 5.41) is 10.8. The Bertz CT molecular complexity index is 697. The van der Waals surface area contributed by atoms with Gasteiger partial charge in [-0.3, -0.25) is 5.32 Å². The molecule has 0 saturated carbocycles. The third-order valence-electron chi connectivity index (χ3n) is 2.63. The van der Waals surface area contributed by atoms with Gasteiger partial charge in [0.05, 0.1) is 11.3 Å². The Morgan fingerprint density at radius 3 is 2.57 bits per heavy atom. The number of ether oxygens (including phenoxy) is 1. The van der Waals surface area contributed by atoms with Gasteiger partial charge in [0, 0.05) is 6.07 Å². The third-order valence-corrected chi connectivity index (χ3v) is 2.63. The molecule has 0 saturated heterocycles. The second-order valence-electron chi connectivity index (χ2n) is 4.11. The summed E-state index contributed by atoms with van der Waals surface area (Å²) in [4.78, 5) is 11.5. The van der Waals surface area contributed by atoms with Gasteiger partial charge in [-0.1, -0.05) is 30.3 Å². The van der Waals surface area contributed by atoms with Crippen LogP contribution < -0.4 is 5.32 Å². The van der Waals surface area contributed by atoms with Crippen LogP contribution in [0.5, 0.6) is 0 Å². The lowest BCUT2D eigenvalue weighted by Gasteiger charge is -2.08. The summed E-state index contributed by atoms with van der Waals surface area (Å²) in [5.74, 6) is -1.97. The van der Waals surface area contributed by atoms with E-state index in [0.29, 0.717) is 6.07 Å². The third kappa shape index (κ3) is 3.76. The van der Waals surface area contributed by atoms with Crippen LogP contribution in [-0.4, -0.2) is 6.09 Å². The summed E-state index contributed by atoms with van der Waals surface area (Å²) in [6, 6.07) is 11.9. The Morgan fingerprint density at radius 1 is 1.19 bits per heavy atom. The largest absolute Gasteiger partial charge is 0.444 e. The second-order valence-corrected chi connectivity index (χ2v) is 4.11. The highest BCUT2D eigenvalue weighted by atomic mass is 19.1. The normalized spacial score (nSPS) is 9.76. The molecule has 0 aliphatic rings. The first-order valence-electron chi connectivity index (χ1n) is 5.97. The highest BCUT2D eigenvalue weighted by molar-refractivity contribution is 5.85. The molecule has 0 fully saturated rings. The smallest absolute Gasteiger partial charge is 0.412 e. The highest BCUT2D eigenvalue weighted by Gasteiger charge is 2.12. The lowest BCUT2D eigenvalue weighted by Crippen LogP contribution is -2.15. The van der Waals surface area contributed by atoms with Gasteiger partial charge in [0.25, 0.3) is 0 Å². The SMILES string of the molecule is N#Cc1cc(NC(=O)OCc2ccccc2)c(F)cc1F. The first-order chi connectivity index (χ1) is 10.1. The van der Waals surface area contributed by atoms with Crippen molar-refractivity contribution in [2.24, 2.45) is 0 Å². The minimum Gasteiger partial charge on any atom is -0.444 e. The van der Waals surface area contributed by atoms with Crippen LogP contribution in [0.2, 0.25) is 0 Å². The number of anilines is 1. The molecule has 1 N–H and O–H groups in total. The zero-order valence-corrected chi connectivity index (χ0v) is 10.8. The Hall–Kier alpha value is -2.94. The highest BCUT2D eigenvalue weighted by Crippen LogP contribution is 2.19.